The molecule has 0 spiro atoms. The van der Waals surface area contributed by atoms with E-state index < -0.39 is 21.1 Å². The van der Waals surface area contributed by atoms with Gasteiger partial charge in [-0.1, -0.05) is 23.2 Å². The minimum atomic E-state index is -3.51. The van der Waals surface area contributed by atoms with Crippen molar-refractivity contribution in [2.24, 2.45) is 0 Å². The molecule has 116 valence electrons. The van der Waals surface area contributed by atoms with Crippen molar-refractivity contribution in [1.29, 1.82) is 0 Å². The molecule has 0 saturated carbocycles. The van der Waals surface area contributed by atoms with Gasteiger partial charge in [-0.25, -0.2) is 13.1 Å². The number of sulfonamides is 1. The Labute approximate surface area is 183 Å². The van der Waals surface area contributed by atoms with Gasteiger partial charge in [-0.2, -0.15) is 5.10 Å². The van der Waals surface area contributed by atoms with E-state index in [0.717, 1.165) is 12.3 Å². The van der Waals surface area contributed by atoms with E-state index in [9.17, 15) is 17.2 Å². The van der Waals surface area contributed by atoms with Crippen molar-refractivity contribution in [3.05, 3.63) is 34.4 Å². The van der Waals surface area contributed by atoms with Crippen molar-refractivity contribution < 1.29 is 70.0 Å². The summed E-state index contributed by atoms with van der Waals surface area (Å²) in [4.78, 5) is -0.157. The molecule has 1 N–H and O–H groups in total. The monoisotopic (exact) mass is 409 g/mol. The molecule has 22 heavy (non-hydrogen) atoms. The van der Waals surface area contributed by atoms with Gasteiger partial charge in [0.05, 0.1) is 28.2 Å². The van der Waals surface area contributed by atoms with Crippen LogP contribution < -0.4 is 56.1 Å². The van der Waals surface area contributed by atoms with Gasteiger partial charge in [0, 0.05) is 12.4 Å². The van der Waals surface area contributed by atoms with Crippen molar-refractivity contribution in [2.45, 2.75) is 4.90 Å². The maximum Gasteiger partial charge on any atom is 1.00 e. The Balaban J connectivity index is 0.00000242. The molecular weight excluding hydrogens is 400 g/mol. The zero-order chi connectivity index (χ0) is 15.8. The fourth-order valence-electron chi connectivity index (χ4n) is 1.57. The Bertz CT molecular complexity index is 832. The molecule has 0 aliphatic rings. The molecule has 1 unspecified atom stereocenters. The zero-order valence-electron chi connectivity index (χ0n) is 11.4. The van der Waals surface area contributed by atoms with Crippen LogP contribution in [0.25, 0.3) is 5.69 Å². The number of aromatic nitrogens is 2. The molecule has 2 rings (SSSR count). The molecule has 0 radical (unpaired) electrons. The van der Waals surface area contributed by atoms with Gasteiger partial charge in [0.2, 0.25) is 10.0 Å². The summed E-state index contributed by atoms with van der Waals surface area (Å²) in [5.74, 6) is 0.145. The number of nitrogens with one attached hydrogen (secondary N) is 1. The summed E-state index contributed by atoms with van der Waals surface area (Å²) >= 11 is 9.34. The predicted octanol–water partition coefficient (Wildman–Crippen LogP) is -0.961. The molecule has 0 aliphatic carbocycles. The third-order valence-corrected chi connectivity index (χ3v) is 4.35. The summed E-state index contributed by atoms with van der Waals surface area (Å²) in [6.45, 7) is 0. The van der Waals surface area contributed by atoms with E-state index in [1.54, 1.807) is 0 Å². The molecule has 7 nitrogen and oxygen atoms in total. The molecule has 0 bridgehead atoms. The second kappa shape index (κ2) is 8.06. The minimum Gasteiger partial charge on any atom is -0.768 e. The van der Waals surface area contributed by atoms with Gasteiger partial charge in [-0.15, -0.1) is 0 Å². The second-order valence-electron chi connectivity index (χ2n) is 3.97. The topological polar surface area (TPSA) is 104 Å². The van der Waals surface area contributed by atoms with Crippen molar-refractivity contribution in [3.8, 4) is 5.69 Å². The van der Waals surface area contributed by atoms with E-state index in [1.165, 1.54) is 23.0 Å². The summed E-state index contributed by atoms with van der Waals surface area (Å²) in [6.07, 6.45) is 2.35. The third-order valence-electron chi connectivity index (χ3n) is 2.34. The van der Waals surface area contributed by atoms with Crippen molar-refractivity contribution >= 4 is 50.1 Å². The van der Waals surface area contributed by atoms with Gasteiger partial charge in [0.1, 0.15) is 5.82 Å². The number of nitrogens with zero attached hydrogens (tertiary/aromatic N) is 2. The summed E-state index contributed by atoms with van der Waals surface area (Å²) in [6, 6.07) is 3.87. The van der Waals surface area contributed by atoms with Crippen LogP contribution in [0.5, 0.6) is 0 Å². The third kappa shape index (κ3) is 5.00. The first kappa shape index (κ1) is 20.6. The summed E-state index contributed by atoms with van der Waals surface area (Å²) < 4.78 is 48.0. The molecule has 0 saturated heterocycles. The standard InChI is InChI=1S/C10H9Cl2N3O4S2.K.H2/c1-21(18,19)14-10-2-3-13-15(10)8-4-7(12)9(20(16)17)5-6(8)11;;/h2-5,14H,1H3,(H,16,17);;1H/q;+1;/p-1. The average Bonchev–Trinajstić information content (AvgIpc) is 2.76. The number of rotatable bonds is 4. The number of hydrogen-bond donors (Lipinski definition) is 1. The smallest absolute Gasteiger partial charge is 0.768 e. The van der Waals surface area contributed by atoms with Gasteiger partial charge >= 0.3 is 51.4 Å². The van der Waals surface area contributed by atoms with E-state index in [-0.39, 0.29) is 79.3 Å². The van der Waals surface area contributed by atoms with Crippen molar-refractivity contribution in [1.82, 2.24) is 9.78 Å². The van der Waals surface area contributed by atoms with Crippen LogP contribution in [0.3, 0.4) is 0 Å². The molecule has 1 atom stereocenters. The quantitative estimate of drug-likeness (QED) is 0.517. The number of hydrogen-bond acceptors (Lipinski definition) is 5. The first-order valence-corrected chi connectivity index (χ1v) is 9.02. The molecule has 12 heteroatoms. The molecule has 1 aromatic carbocycles. The van der Waals surface area contributed by atoms with Crippen LogP contribution in [-0.2, 0) is 21.1 Å². The summed E-state index contributed by atoms with van der Waals surface area (Å²) in [5, 5.41) is 3.94. The predicted molar refractivity (Wildman–Crippen MR) is 81.4 cm³/mol. The molecule has 0 amide bonds. The Morgan fingerprint density at radius 2 is 2.00 bits per heavy atom. The Morgan fingerprint density at radius 3 is 2.55 bits per heavy atom. The van der Waals surface area contributed by atoms with Crippen LogP contribution in [0.4, 0.5) is 5.82 Å². The van der Waals surface area contributed by atoms with Gasteiger partial charge in [0.15, 0.2) is 0 Å². The Morgan fingerprint density at radius 1 is 1.36 bits per heavy atom. The van der Waals surface area contributed by atoms with Crippen LogP contribution in [0, 0.1) is 0 Å². The first-order chi connectivity index (χ1) is 9.69. The van der Waals surface area contributed by atoms with Crippen LogP contribution in [0.1, 0.15) is 1.43 Å². The van der Waals surface area contributed by atoms with Crippen molar-refractivity contribution in [2.75, 3.05) is 11.0 Å². The van der Waals surface area contributed by atoms with Gasteiger partial charge in [0.25, 0.3) is 0 Å². The normalized spacial score (nSPS) is 12.5. The van der Waals surface area contributed by atoms with Gasteiger partial charge < -0.3 is 4.55 Å². The molecule has 1 heterocycles. The van der Waals surface area contributed by atoms with Crippen LogP contribution in [0.15, 0.2) is 29.3 Å². The van der Waals surface area contributed by atoms with Gasteiger partial charge in [-0.3, -0.25) is 8.93 Å². The largest absolute Gasteiger partial charge is 1.00 e. The maximum atomic E-state index is 11.3. The van der Waals surface area contributed by atoms with Crippen molar-refractivity contribution in [3.63, 3.8) is 0 Å². The molecule has 1 aromatic heterocycles. The Kier molecular flexibility index (Phi) is 7.52. The molecule has 2 aromatic rings. The second-order valence-corrected chi connectivity index (χ2v) is 7.44. The maximum absolute atomic E-state index is 11.3. The molecule has 0 fully saturated rings. The molecule has 0 aliphatic heterocycles. The number of halogens is 2. The van der Waals surface area contributed by atoms with E-state index in [4.69, 9.17) is 23.2 Å². The van der Waals surface area contributed by atoms with E-state index in [1.807, 2.05) is 0 Å². The average molecular weight is 410 g/mol. The van der Waals surface area contributed by atoms with Gasteiger partial charge in [-0.05, 0) is 23.2 Å². The summed E-state index contributed by atoms with van der Waals surface area (Å²) in [7, 11) is -3.51. The first-order valence-electron chi connectivity index (χ1n) is 5.29. The van der Waals surface area contributed by atoms with Crippen LogP contribution in [0.2, 0.25) is 10.0 Å². The van der Waals surface area contributed by atoms with E-state index >= 15 is 0 Å². The zero-order valence-corrected chi connectivity index (χ0v) is 17.7. The number of anilines is 1. The molecular formula is C10H10Cl2KN3O4S2. The van der Waals surface area contributed by atoms with E-state index in [2.05, 4.69) is 9.82 Å². The van der Waals surface area contributed by atoms with Crippen LogP contribution >= 0.6 is 23.2 Å². The fraction of sp³-hybridized carbons (Fsp3) is 0.100. The Hall–Kier alpha value is 0.506. The summed E-state index contributed by atoms with van der Waals surface area (Å²) in [5.41, 5.74) is 0.243. The van der Waals surface area contributed by atoms with E-state index in [0.29, 0.717) is 0 Å². The van der Waals surface area contributed by atoms with Crippen LogP contribution in [-0.4, -0.2) is 33.2 Å². The number of benzene rings is 1. The fourth-order valence-corrected chi connectivity index (χ4v) is 3.19. The minimum absolute atomic E-state index is 0. The SMILES string of the molecule is CS(=O)(=O)Nc1ccnn1-c1cc(Cl)c(S(=O)[O-])cc1Cl.[HH].[K+].